The quantitative estimate of drug-likeness (QED) is 0.919. The van der Waals surface area contributed by atoms with E-state index in [-0.39, 0.29) is 17.9 Å². The van der Waals surface area contributed by atoms with Crippen LogP contribution in [0.3, 0.4) is 0 Å². The smallest absolute Gasteiger partial charge is 0.231 e. The summed E-state index contributed by atoms with van der Waals surface area (Å²) in [4.78, 5) is 16.3. The van der Waals surface area contributed by atoms with Gasteiger partial charge in [-0.1, -0.05) is 0 Å². The number of carbonyl (C=O) groups excluding carboxylic acids is 1. The molecule has 23 heavy (non-hydrogen) atoms. The Kier molecular flexibility index (Phi) is 5.02. The van der Waals surface area contributed by atoms with Crippen LogP contribution >= 0.6 is 0 Å². The maximum absolute atomic E-state index is 12.3. The highest BCUT2D eigenvalue weighted by atomic mass is 16.5. The lowest BCUT2D eigenvalue weighted by Crippen LogP contribution is -2.36. The van der Waals surface area contributed by atoms with E-state index in [2.05, 4.69) is 15.4 Å². The molecule has 1 aliphatic heterocycles. The van der Waals surface area contributed by atoms with Crippen LogP contribution in [0.5, 0.6) is 0 Å². The molecule has 3 rings (SSSR count). The average Bonchev–Trinajstić information content (AvgIpc) is 3.02. The number of nitrogens with one attached hydrogen (secondary N) is 1. The first-order valence-corrected chi connectivity index (χ1v) is 8.07. The number of nitrogens with zero attached hydrogens (tertiary/aromatic N) is 3. The van der Waals surface area contributed by atoms with Gasteiger partial charge in [0.2, 0.25) is 5.91 Å². The summed E-state index contributed by atoms with van der Waals surface area (Å²) < 4.78 is 7.39. The van der Waals surface area contributed by atoms with Crippen molar-refractivity contribution in [2.75, 3.05) is 11.9 Å². The maximum atomic E-state index is 12.3. The summed E-state index contributed by atoms with van der Waals surface area (Å²) in [5, 5.41) is 7.31. The molecule has 6 nitrogen and oxygen atoms in total. The molecule has 0 bridgehead atoms. The zero-order valence-corrected chi connectivity index (χ0v) is 13.3. The largest absolute Gasteiger partial charge is 0.378 e. The first-order chi connectivity index (χ1) is 11.2. The van der Waals surface area contributed by atoms with Crippen molar-refractivity contribution < 1.29 is 9.53 Å². The number of rotatable bonds is 5. The Morgan fingerprint density at radius 3 is 3.00 bits per heavy atom. The third kappa shape index (κ3) is 4.16. The zero-order chi connectivity index (χ0) is 16.1. The van der Waals surface area contributed by atoms with E-state index < -0.39 is 0 Å². The Labute approximate surface area is 135 Å². The summed E-state index contributed by atoms with van der Waals surface area (Å²) in [5.74, 6) is 0.504. The maximum Gasteiger partial charge on any atom is 0.231 e. The molecule has 2 aromatic rings. The van der Waals surface area contributed by atoms with Gasteiger partial charge in [-0.05, 0) is 43.9 Å². The van der Waals surface area contributed by atoms with Gasteiger partial charge in [0.25, 0.3) is 0 Å². The summed E-state index contributed by atoms with van der Waals surface area (Å²) in [6.45, 7) is 3.47. The molecule has 3 heterocycles. The van der Waals surface area contributed by atoms with E-state index >= 15 is 0 Å². The van der Waals surface area contributed by atoms with Crippen LogP contribution in [0.1, 0.15) is 25.3 Å². The molecule has 1 aliphatic rings. The van der Waals surface area contributed by atoms with E-state index in [4.69, 9.17) is 4.74 Å². The van der Waals surface area contributed by atoms with Crippen LogP contribution in [-0.2, 0) is 22.5 Å². The molecule has 0 aromatic carbocycles. The lowest BCUT2D eigenvalue weighted by atomic mass is 9.94. The summed E-state index contributed by atoms with van der Waals surface area (Å²) >= 11 is 0. The molecule has 0 aliphatic carbocycles. The average molecular weight is 314 g/mol. The molecule has 0 saturated carbocycles. The number of aromatic nitrogens is 3. The fourth-order valence-corrected chi connectivity index (χ4v) is 2.83. The Bertz CT molecular complexity index is 641. The van der Waals surface area contributed by atoms with Crippen molar-refractivity contribution in [3.8, 4) is 0 Å². The fraction of sp³-hybridized carbons (Fsp3) is 0.471. The normalized spacial score (nSPS) is 21.1. The van der Waals surface area contributed by atoms with Crippen LogP contribution < -0.4 is 5.32 Å². The first-order valence-electron chi connectivity index (χ1n) is 8.07. The van der Waals surface area contributed by atoms with Crippen molar-refractivity contribution in [1.82, 2.24) is 14.8 Å². The molecule has 2 atom stereocenters. The summed E-state index contributed by atoms with van der Waals surface area (Å²) in [7, 11) is 0. The lowest BCUT2D eigenvalue weighted by Gasteiger charge is -2.27. The van der Waals surface area contributed by atoms with Crippen LogP contribution in [0.2, 0.25) is 0 Å². The number of ether oxygens (including phenoxy) is 1. The van der Waals surface area contributed by atoms with Gasteiger partial charge in [-0.2, -0.15) is 5.10 Å². The number of pyridine rings is 1. The van der Waals surface area contributed by atoms with Gasteiger partial charge in [0.15, 0.2) is 5.82 Å². The molecule has 2 aromatic heterocycles. The Hall–Kier alpha value is -2.21. The molecule has 1 saturated heterocycles. The molecule has 0 unspecified atom stereocenters. The van der Waals surface area contributed by atoms with Gasteiger partial charge in [0.1, 0.15) is 0 Å². The van der Waals surface area contributed by atoms with E-state index in [1.54, 1.807) is 12.4 Å². The van der Waals surface area contributed by atoms with Crippen molar-refractivity contribution in [3.63, 3.8) is 0 Å². The van der Waals surface area contributed by atoms with Crippen molar-refractivity contribution in [3.05, 3.63) is 42.4 Å². The van der Waals surface area contributed by atoms with E-state index in [0.29, 0.717) is 5.82 Å². The van der Waals surface area contributed by atoms with Gasteiger partial charge in [0, 0.05) is 37.8 Å². The van der Waals surface area contributed by atoms with E-state index in [9.17, 15) is 4.79 Å². The molecular weight excluding hydrogens is 292 g/mol. The second-order valence-corrected chi connectivity index (χ2v) is 5.88. The monoisotopic (exact) mass is 314 g/mol. The highest BCUT2D eigenvalue weighted by Crippen LogP contribution is 2.22. The predicted molar refractivity (Wildman–Crippen MR) is 86.9 cm³/mol. The van der Waals surface area contributed by atoms with Crippen LogP contribution in [-0.4, -0.2) is 33.4 Å². The van der Waals surface area contributed by atoms with Gasteiger partial charge < -0.3 is 10.1 Å². The van der Waals surface area contributed by atoms with Crippen molar-refractivity contribution >= 4 is 11.7 Å². The van der Waals surface area contributed by atoms with Crippen LogP contribution in [0, 0.1) is 5.92 Å². The third-order valence-corrected chi connectivity index (χ3v) is 4.21. The fourth-order valence-electron chi connectivity index (χ4n) is 2.83. The third-order valence-electron chi connectivity index (χ3n) is 4.21. The van der Waals surface area contributed by atoms with Crippen LogP contribution in [0.15, 0.2) is 36.8 Å². The van der Waals surface area contributed by atoms with Gasteiger partial charge in [0.05, 0.1) is 12.0 Å². The van der Waals surface area contributed by atoms with Crippen molar-refractivity contribution in [1.29, 1.82) is 0 Å². The molecule has 0 spiro atoms. The second-order valence-electron chi connectivity index (χ2n) is 5.88. The number of amides is 1. The molecule has 1 fully saturated rings. The molecular formula is C17H22N4O2. The molecule has 122 valence electrons. The highest BCUT2D eigenvalue weighted by molar-refractivity contribution is 5.92. The molecule has 1 amide bonds. The minimum atomic E-state index is -0.0919. The molecule has 1 N–H and O–H groups in total. The zero-order valence-electron chi connectivity index (χ0n) is 13.3. The van der Waals surface area contributed by atoms with Gasteiger partial charge >= 0.3 is 0 Å². The van der Waals surface area contributed by atoms with E-state index in [1.807, 2.05) is 36.0 Å². The van der Waals surface area contributed by atoms with Gasteiger partial charge in [-0.3, -0.25) is 14.5 Å². The topological polar surface area (TPSA) is 69.0 Å². The second kappa shape index (κ2) is 7.37. The number of hydrogen-bond acceptors (Lipinski definition) is 4. The SMILES string of the molecule is C[C@H]1OCCC[C@H]1C(=O)Nc1ccn(CCc2ccncc2)n1. The minimum Gasteiger partial charge on any atom is -0.378 e. The number of hydrogen-bond donors (Lipinski definition) is 1. The highest BCUT2D eigenvalue weighted by Gasteiger charge is 2.28. The summed E-state index contributed by atoms with van der Waals surface area (Å²) in [6.07, 6.45) is 8.12. The summed E-state index contributed by atoms with van der Waals surface area (Å²) in [6, 6.07) is 5.83. The Morgan fingerprint density at radius 2 is 2.22 bits per heavy atom. The van der Waals surface area contributed by atoms with Gasteiger partial charge in [-0.25, -0.2) is 0 Å². The van der Waals surface area contributed by atoms with Gasteiger partial charge in [-0.15, -0.1) is 0 Å². The first kappa shape index (κ1) is 15.7. The number of carbonyl (C=O) groups is 1. The lowest BCUT2D eigenvalue weighted by molar-refractivity contribution is -0.127. The number of aryl methyl sites for hydroxylation is 2. The molecule has 6 heteroatoms. The van der Waals surface area contributed by atoms with Crippen LogP contribution in [0.4, 0.5) is 5.82 Å². The predicted octanol–water partition coefficient (Wildman–Crippen LogP) is 2.27. The van der Waals surface area contributed by atoms with Crippen LogP contribution in [0.25, 0.3) is 0 Å². The minimum absolute atomic E-state index is 0.00316. The van der Waals surface area contributed by atoms with E-state index in [1.165, 1.54) is 5.56 Å². The standard InChI is InChI=1S/C17H22N4O2/c1-13-15(3-2-12-23-13)17(22)19-16-7-11-21(20-16)10-6-14-4-8-18-9-5-14/h4-5,7-9,11,13,15H,2-3,6,10,12H2,1H3,(H,19,20,22)/t13-,15-/m1/s1. The number of anilines is 1. The summed E-state index contributed by atoms with van der Waals surface area (Å²) in [5.41, 5.74) is 1.22. The van der Waals surface area contributed by atoms with E-state index in [0.717, 1.165) is 32.4 Å². The van der Waals surface area contributed by atoms with Crippen molar-refractivity contribution in [2.24, 2.45) is 5.92 Å². The Balaban J connectivity index is 1.53. The van der Waals surface area contributed by atoms with Crippen molar-refractivity contribution in [2.45, 2.75) is 38.8 Å². The molecule has 0 radical (unpaired) electrons. The Morgan fingerprint density at radius 1 is 1.39 bits per heavy atom.